The van der Waals surface area contributed by atoms with Crippen molar-refractivity contribution in [1.29, 1.82) is 0 Å². The van der Waals surface area contributed by atoms with Gasteiger partial charge in [0.2, 0.25) is 5.91 Å². The van der Waals surface area contributed by atoms with Crippen molar-refractivity contribution in [3.63, 3.8) is 0 Å². The third kappa shape index (κ3) is 2.52. The highest BCUT2D eigenvalue weighted by atomic mass is 16.2. The highest BCUT2D eigenvalue weighted by molar-refractivity contribution is 5.81. The Morgan fingerprint density at radius 2 is 2.06 bits per heavy atom. The normalized spacial score (nSPS) is 16.8. The zero-order valence-corrected chi connectivity index (χ0v) is 9.28. The van der Waals surface area contributed by atoms with Crippen LogP contribution in [0, 0.1) is 0 Å². The van der Waals surface area contributed by atoms with E-state index >= 15 is 0 Å². The van der Waals surface area contributed by atoms with Gasteiger partial charge in [0.15, 0.2) is 0 Å². The minimum absolute atomic E-state index is 0.0976. The lowest BCUT2D eigenvalue weighted by Gasteiger charge is -2.21. The topological polar surface area (TPSA) is 58.4 Å². The van der Waals surface area contributed by atoms with E-state index in [2.05, 4.69) is 10.2 Å². The minimum Gasteiger partial charge on any atom is -0.362 e. The van der Waals surface area contributed by atoms with Crippen LogP contribution in [-0.4, -0.2) is 25.5 Å². The predicted octanol–water partition coefficient (Wildman–Crippen LogP) is 0.472. The molecular weight excluding hydrogens is 202 g/mol. The zero-order valence-electron chi connectivity index (χ0n) is 9.28. The molecule has 1 amide bonds. The van der Waals surface area contributed by atoms with Crippen molar-refractivity contribution >= 4 is 11.6 Å². The number of hydrogen-bond acceptors (Lipinski definition) is 3. The Labute approximate surface area is 95.4 Å². The molecule has 3 N–H and O–H groups in total. The molecule has 0 saturated carbocycles. The van der Waals surface area contributed by atoms with Gasteiger partial charge in [-0.25, -0.2) is 0 Å². The Bertz CT molecular complexity index is 361. The number of carbonyl (C=O) groups excluding carboxylic acids is 1. The quantitative estimate of drug-likeness (QED) is 0.760. The smallest absolute Gasteiger partial charge is 0.239 e. The molecule has 1 fully saturated rings. The van der Waals surface area contributed by atoms with Crippen LogP contribution in [0.5, 0.6) is 0 Å². The number of nitrogens with two attached hydrogens (primary N) is 1. The fraction of sp³-hybridized carbons (Fsp3) is 0.417. The monoisotopic (exact) mass is 219 g/mol. The Morgan fingerprint density at radius 1 is 1.31 bits per heavy atom. The molecule has 1 aromatic rings. The van der Waals surface area contributed by atoms with Crippen molar-refractivity contribution in [3.05, 3.63) is 29.8 Å². The molecular formula is C12H17N3O. The van der Waals surface area contributed by atoms with Gasteiger partial charge in [-0.05, 0) is 24.1 Å². The van der Waals surface area contributed by atoms with E-state index in [1.54, 1.807) is 0 Å². The third-order valence-corrected chi connectivity index (χ3v) is 2.80. The van der Waals surface area contributed by atoms with E-state index in [9.17, 15) is 4.79 Å². The molecule has 0 aliphatic carbocycles. The molecule has 1 aliphatic heterocycles. The summed E-state index contributed by atoms with van der Waals surface area (Å²) < 4.78 is 0. The summed E-state index contributed by atoms with van der Waals surface area (Å²) >= 11 is 0. The van der Waals surface area contributed by atoms with Crippen molar-refractivity contribution in [2.45, 2.75) is 13.0 Å². The van der Waals surface area contributed by atoms with Gasteiger partial charge in [-0.15, -0.1) is 0 Å². The van der Waals surface area contributed by atoms with E-state index in [0.717, 1.165) is 30.8 Å². The van der Waals surface area contributed by atoms with Gasteiger partial charge in [0.05, 0.1) is 6.54 Å². The number of amides is 1. The lowest BCUT2D eigenvalue weighted by molar-refractivity contribution is -0.119. The molecule has 1 aliphatic rings. The molecule has 1 aromatic carbocycles. The summed E-state index contributed by atoms with van der Waals surface area (Å²) in [6.07, 6.45) is 0.990. The first kappa shape index (κ1) is 11.0. The predicted molar refractivity (Wildman–Crippen MR) is 64.2 cm³/mol. The van der Waals surface area contributed by atoms with Crippen molar-refractivity contribution in [2.24, 2.45) is 5.73 Å². The molecule has 0 aromatic heterocycles. The number of hydrogen-bond donors (Lipinski definition) is 2. The number of rotatable bonds is 2. The molecule has 86 valence electrons. The molecule has 2 rings (SSSR count). The fourth-order valence-corrected chi connectivity index (χ4v) is 1.87. The highest BCUT2D eigenvalue weighted by Gasteiger charge is 2.14. The maximum absolute atomic E-state index is 11.4. The van der Waals surface area contributed by atoms with Gasteiger partial charge in [-0.2, -0.15) is 0 Å². The second-order valence-corrected chi connectivity index (χ2v) is 4.00. The van der Waals surface area contributed by atoms with Crippen molar-refractivity contribution < 1.29 is 4.79 Å². The third-order valence-electron chi connectivity index (χ3n) is 2.80. The number of anilines is 1. The molecule has 16 heavy (non-hydrogen) atoms. The minimum atomic E-state index is 0.0976. The van der Waals surface area contributed by atoms with E-state index in [4.69, 9.17) is 5.73 Å². The molecule has 1 saturated heterocycles. The Hall–Kier alpha value is -1.55. The van der Waals surface area contributed by atoms with E-state index in [-0.39, 0.29) is 5.91 Å². The average molecular weight is 219 g/mol. The summed E-state index contributed by atoms with van der Waals surface area (Å²) in [7, 11) is 0. The summed E-state index contributed by atoms with van der Waals surface area (Å²) in [4.78, 5) is 13.5. The second kappa shape index (κ2) is 4.99. The van der Waals surface area contributed by atoms with Crippen LogP contribution < -0.4 is 16.0 Å². The summed E-state index contributed by atoms with van der Waals surface area (Å²) in [6.45, 7) is 2.69. The maximum Gasteiger partial charge on any atom is 0.239 e. The van der Waals surface area contributed by atoms with Crippen LogP contribution in [0.25, 0.3) is 0 Å². The van der Waals surface area contributed by atoms with Crippen molar-refractivity contribution in [3.8, 4) is 0 Å². The average Bonchev–Trinajstić information content (AvgIpc) is 2.54. The lowest BCUT2D eigenvalue weighted by Crippen LogP contribution is -2.32. The van der Waals surface area contributed by atoms with Gasteiger partial charge in [0.1, 0.15) is 0 Å². The molecule has 0 atom stereocenters. The molecule has 0 bridgehead atoms. The fourth-order valence-electron chi connectivity index (χ4n) is 1.87. The van der Waals surface area contributed by atoms with E-state index < -0.39 is 0 Å². The van der Waals surface area contributed by atoms with Crippen LogP contribution >= 0.6 is 0 Å². The highest BCUT2D eigenvalue weighted by Crippen LogP contribution is 2.16. The number of benzene rings is 1. The van der Waals surface area contributed by atoms with Crippen molar-refractivity contribution in [1.82, 2.24) is 5.32 Å². The van der Waals surface area contributed by atoms with E-state index in [1.165, 1.54) is 0 Å². The first-order valence-electron chi connectivity index (χ1n) is 5.60. The second-order valence-electron chi connectivity index (χ2n) is 4.00. The van der Waals surface area contributed by atoms with Gasteiger partial charge in [-0.1, -0.05) is 12.1 Å². The Morgan fingerprint density at radius 3 is 2.75 bits per heavy atom. The molecule has 0 radical (unpaired) electrons. The zero-order chi connectivity index (χ0) is 11.4. The number of carbonyl (C=O) groups is 1. The first-order chi connectivity index (χ1) is 7.79. The van der Waals surface area contributed by atoms with Crippen LogP contribution in [0.15, 0.2) is 24.3 Å². The van der Waals surface area contributed by atoms with Gasteiger partial charge < -0.3 is 16.0 Å². The summed E-state index contributed by atoms with van der Waals surface area (Å²) in [5.41, 5.74) is 7.75. The molecule has 4 nitrogen and oxygen atoms in total. The van der Waals surface area contributed by atoms with Gasteiger partial charge in [0, 0.05) is 25.3 Å². The molecule has 0 unspecified atom stereocenters. The number of nitrogens with zero attached hydrogens (tertiary/aromatic N) is 1. The SMILES string of the molecule is NCc1ccc(N2CCCNC(=O)C2)cc1. The van der Waals surface area contributed by atoms with Crippen LogP contribution in [0.2, 0.25) is 0 Å². The van der Waals surface area contributed by atoms with Gasteiger partial charge in [0.25, 0.3) is 0 Å². The van der Waals surface area contributed by atoms with Crippen molar-refractivity contribution in [2.75, 3.05) is 24.5 Å². The molecule has 4 heteroatoms. The first-order valence-corrected chi connectivity index (χ1v) is 5.60. The Balaban J connectivity index is 2.12. The molecule has 0 spiro atoms. The van der Waals surface area contributed by atoms with Crippen LogP contribution in [0.4, 0.5) is 5.69 Å². The van der Waals surface area contributed by atoms with Gasteiger partial charge in [-0.3, -0.25) is 4.79 Å². The standard InChI is InChI=1S/C12H17N3O/c13-8-10-2-4-11(5-3-10)15-7-1-6-14-12(16)9-15/h2-5H,1,6-9,13H2,(H,14,16). The Kier molecular flexibility index (Phi) is 3.41. The maximum atomic E-state index is 11.4. The lowest BCUT2D eigenvalue weighted by atomic mass is 10.2. The van der Waals surface area contributed by atoms with E-state index in [0.29, 0.717) is 13.1 Å². The summed E-state index contributed by atoms with van der Waals surface area (Å²) in [6, 6.07) is 8.08. The molecule has 1 heterocycles. The number of nitrogens with one attached hydrogen (secondary N) is 1. The van der Waals surface area contributed by atoms with Gasteiger partial charge >= 0.3 is 0 Å². The van der Waals surface area contributed by atoms with Crippen LogP contribution in [0.1, 0.15) is 12.0 Å². The summed E-state index contributed by atoms with van der Waals surface area (Å²) in [5.74, 6) is 0.0976. The van der Waals surface area contributed by atoms with E-state index in [1.807, 2.05) is 24.3 Å². The largest absolute Gasteiger partial charge is 0.362 e. The van der Waals surface area contributed by atoms with Crippen LogP contribution in [0.3, 0.4) is 0 Å². The van der Waals surface area contributed by atoms with Crippen LogP contribution in [-0.2, 0) is 11.3 Å². The summed E-state index contributed by atoms with van der Waals surface area (Å²) in [5, 5.41) is 2.87.